The van der Waals surface area contributed by atoms with Gasteiger partial charge in [-0.3, -0.25) is 9.59 Å². The summed E-state index contributed by atoms with van der Waals surface area (Å²) < 4.78 is 0. The van der Waals surface area contributed by atoms with Crippen LogP contribution in [0.25, 0.3) is 10.9 Å². The fourth-order valence-corrected chi connectivity index (χ4v) is 4.21. The van der Waals surface area contributed by atoms with Crippen molar-refractivity contribution in [1.29, 1.82) is 0 Å². The van der Waals surface area contributed by atoms with Gasteiger partial charge in [0.15, 0.2) is 0 Å². The summed E-state index contributed by atoms with van der Waals surface area (Å²) in [6, 6.07) is 5.03. The summed E-state index contributed by atoms with van der Waals surface area (Å²) in [4.78, 5) is 49.0. The lowest BCUT2D eigenvalue weighted by molar-refractivity contribution is -0.149. The molecule has 1 aromatic carbocycles. The van der Waals surface area contributed by atoms with E-state index in [2.05, 4.69) is 20.3 Å². The average molecular weight is 438 g/mol. The topological polar surface area (TPSA) is 157 Å². The summed E-state index contributed by atoms with van der Waals surface area (Å²) >= 11 is 0. The number of amides is 2. The smallest absolute Gasteiger partial charge is 0.326 e. The van der Waals surface area contributed by atoms with Gasteiger partial charge in [0.1, 0.15) is 12.1 Å². The van der Waals surface area contributed by atoms with Crippen LogP contribution in [-0.2, 0) is 27.2 Å². The third-order valence-electron chi connectivity index (χ3n) is 5.87. The van der Waals surface area contributed by atoms with Crippen molar-refractivity contribution in [3.05, 3.63) is 54.2 Å². The number of carbonyl (C=O) groups excluding carboxylic acids is 2. The number of nitrogens with two attached hydrogens (primary N) is 1. The van der Waals surface area contributed by atoms with Gasteiger partial charge in [0, 0.05) is 42.0 Å². The van der Waals surface area contributed by atoms with E-state index >= 15 is 0 Å². The SMILES string of the molecule is N[C@@H](Cc1c[nH]c2ccccc12)C(=O)N[C@@H](Cc1cnc[nH]1)C(=O)N1CCC[C@@H]1C(=O)O. The third-order valence-corrected chi connectivity index (χ3v) is 5.87. The number of aromatic amines is 2. The number of nitrogens with zero attached hydrogens (tertiary/aromatic N) is 2. The normalized spacial score (nSPS) is 17.9. The van der Waals surface area contributed by atoms with Crippen molar-refractivity contribution < 1.29 is 19.5 Å². The van der Waals surface area contributed by atoms with Crippen LogP contribution in [0.2, 0.25) is 0 Å². The van der Waals surface area contributed by atoms with E-state index in [1.165, 1.54) is 11.2 Å². The first-order valence-electron chi connectivity index (χ1n) is 10.6. The van der Waals surface area contributed by atoms with E-state index in [4.69, 9.17) is 5.73 Å². The van der Waals surface area contributed by atoms with E-state index in [-0.39, 0.29) is 6.42 Å². The highest BCUT2D eigenvalue weighted by atomic mass is 16.4. The van der Waals surface area contributed by atoms with Crippen LogP contribution in [0.4, 0.5) is 0 Å². The van der Waals surface area contributed by atoms with Crippen molar-refractivity contribution >= 4 is 28.7 Å². The Balaban J connectivity index is 1.49. The highest BCUT2D eigenvalue weighted by molar-refractivity contribution is 5.93. The number of hydrogen-bond acceptors (Lipinski definition) is 5. The van der Waals surface area contributed by atoms with Crippen LogP contribution in [0.15, 0.2) is 43.0 Å². The molecule has 6 N–H and O–H groups in total. The number of rotatable bonds is 8. The Labute approximate surface area is 184 Å². The van der Waals surface area contributed by atoms with Crippen LogP contribution in [0.3, 0.4) is 0 Å². The Morgan fingerprint density at radius 2 is 2.06 bits per heavy atom. The van der Waals surface area contributed by atoms with Crippen molar-refractivity contribution in [2.24, 2.45) is 5.73 Å². The number of carboxylic acids is 1. The maximum Gasteiger partial charge on any atom is 0.326 e. The summed E-state index contributed by atoms with van der Waals surface area (Å²) in [5.41, 5.74) is 8.70. The molecule has 3 aromatic rings. The van der Waals surface area contributed by atoms with Crippen LogP contribution in [0.1, 0.15) is 24.1 Å². The maximum absolute atomic E-state index is 13.2. The van der Waals surface area contributed by atoms with Gasteiger partial charge in [-0.25, -0.2) is 9.78 Å². The molecular formula is C22H26N6O4. The number of carbonyl (C=O) groups is 3. The minimum atomic E-state index is -1.04. The molecule has 4 rings (SSSR count). The summed E-state index contributed by atoms with van der Waals surface area (Å²) in [7, 11) is 0. The molecular weight excluding hydrogens is 412 g/mol. The van der Waals surface area contributed by atoms with E-state index in [1.54, 1.807) is 6.20 Å². The van der Waals surface area contributed by atoms with Crippen molar-refractivity contribution in [2.75, 3.05) is 6.54 Å². The van der Waals surface area contributed by atoms with Gasteiger partial charge < -0.3 is 31.0 Å². The molecule has 1 aliphatic rings. The second-order valence-electron chi connectivity index (χ2n) is 8.04. The summed E-state index contributed by atoms with van der Waals surface area (Å²) in [5.74, 6) is -1.95. The number of benzene rings is 1. The number of nitrogens with one attached hydrogen (secondary N) is 3. The molecule has 168 valence electrons. The Hall–Kier alpha value is -3.66. The maximum atomic E-state index is 13.2. The van der Waals surface area contributed by atoms with E-state index in [0.717, 1.165) is 16.5 Å². The Morgan fingerprint density at radius 3 is 2.81 bits per heavy atom. The Morgan fingerprint density at radius 1 is 1.25 bits per heavy atom. The Kier molecular flexibility index (Phi) is 6.22. The fourth-order valence-electron chi connectivity index (χ4n) is 4.21. The zero-order chi connectivity index (χ0) is 22.7. The Bertz CT molecular complexity index is 1110. The van der Waals surface area contributed by atoms with Crippen LogP contribution in [0, 0.1) is 0 Å². The first-order chi connectivity index (χ1) is 15.4. The van der Waals surface area contributed by atoms with Crippen LogP contribution >= 0.6 is 0 Å². The second kappa shape index (κ2) is 9.23. The molecule has 3 heterocycles. The van der Waals surface area contributed by atoms with Crippen molar-refractivity contribution in [1.82, 2.24) is 25.2 Å². The number of aliphatic carboxylic acids is 1. The lowest BCUT2D eigenvalue weighted by Crippen LogP contribution is -2.55. The van der Waals surface area contributed by atoms with Gasteiger partial charge in [-0.05, 0) is 30.9 Å². The molecule has 0 bridgehead atoms. The molecule has 0 aliphatic carbocycles. The average Bonchev–Trinajstić information content (AvgIpc) is 3.54. The monoisotopic (exact) mass is 438 g/mol. The number of aromatic nitrogens is 3. The van der Waals surface area contributed by atoms with Crippen molar-refractivity contribution in [2.45, 2.75) is 43.8 Å². The molecule has 2 aromatic heterocycles. The fraction of sp³-hybridized carbons (Fsp3) is 0.364. The number of para-hydroxylation sites is 1. The first kappa shape index (κ1) is 21.6. The van der Waals surface area contributed by atoms with E-state index in [9.17, 15) is 19.5 Å². The standard InChI is InChI=1S/C22H26N6O4/c23-16(8-13-10-25-17-5-2-1-4-15(13)17)20(29)27-18(9-14-11-24-12-26-14)21(30)28-7-3-6-19(28)22(31)32/h1-2,4-5,10-12,16,18-19,25H,3,6-9,23H2,(H,24,26)(H,27,29)(H,31,32)/t16-,18-,19+/m0/s1. The molecule has 1 saturated heterocycles. The molecule has 3 atom stereocenters. The highest BCUT2D eigenvalue weighted by Gasteiger charge is 2.38. The van der Waals surface area contributed by atoms with Gasteiger partial charge in [-0.1, -0.05) is 18.2 Å². The zero-order valence-electron chi connectivity index (χ0n) is 17.5. The van der Waals surface area contributed by atoms with Crippen molar-refractivity contribution in [3.8, 4) is 0 Å². The van der Waals surface area contributed by atoms with E-state index < -0.39 is 35.9 Å². The molecule has 32 heavy (non-hydrogen) atoms. The van der Waals surface area contributed by atoms with Gasteiger partial charge in [-0.2, -0.15) is 0 Å². The molecule has 0 spiro atoms. The quantitative estimate of drug-likeness (QED) is 0.346. The lowest BCUT2D eigenvalue weighted by Gasteiger charge is -2.28. The van der Waals surface area contributed by atoms with Gasteiger partial charge in [0.05, 0.1) is 12.4 Å². The zero-order valence-corrected chi connectivity index (χ0v) is 17.5. The molecule has 1 aliphatic heterocycles. The lowest BCUT2D eigenvalue weighted by atomic mass is 10.0. The van der Waals surface area contributed by atoms with E-state index in [1.807, 2.05) is 30.5 Å². The summed E-state index contributed by atoms with van der Waals surface area (Å²) in [6.07, 6.45) is 6.33. The summed E-state index contributed by atoms with van der Waals surface area (Å²) in [5, 5.41) is 13.2. The second-order valence-corrected chi connectivity index (χ2v) is 8.04. The molecule has 10 nitrogen and oxygen atoms in total. The number of fused-ring (bicyclic) bond motifs is 1. The molecule has 2 amide bonds. The number of likely N-dealkylation sites (tertiary alicyclic amines) is 1. The minimum Gasteiger partial charge on any atom is -0.480 e. The van der Waals surface area contributed by atoms with Gasteiger partial charge in [0.25, 0.3) is 0 Å². The molecule has 0 radical (unpaired) electrons. The first-order valence-corrected chi connectivity index (χ1v) is 10.6. The number of imidazole rings is 1. The van der Waals surface area contributed by atoms with Crippen LogP contribution in [0.5, 0.6) is 0 Å². The van der Waals surface area contributed by atoms with Gasteiger partial charge in [0.2, 0.25) is 11.8 Å². The number of carboxylic acid groups (broad SMARTS) is 1. The highest BCUT2D eigenvalue weighted by Crippen LogP contribution is 2.21. The minimum absolute atomic E-state index is 0.160. The van der Waals surface area contributed by atoms with Crippen LogP contribution < -0.4 is 11.1 Å². The number of H-pyrrole nitrogens is 2. The third kappa shape index (κ3) is 4.50. The molecule has 10 heteroatoms. The summed E-state index contributed by atoms with van der Waals surface area (Å²) in [6.45, 7) is 0.340. The molecule has 1 fully saturated rings. The largest absolute Gasteiger partial charge is 0.480 e. The predicted molar refractivity (Wildman–Crippen MR) is 117 cm³/mol. The predicted octanol–water partition coefficient (Wildman–Crippen LogP) is 0.564. The van der Waals surface area contributed by atoms with Gasteiger partial charge in [-0.15, -0.1) is 0 Å². The molecule has 0 saturated carbocycles. The molecule has 0 unspecified atom stereocenters. The van der Waals surface area contributed by atoms with E-state index in [0.29, 0.717) is 31.5 Å². The number of hydrogen-bond donors (Lipinski definition) is 5. The van der Waals surface area contributed by atoms with Crippen molar-refractivity contribution in [3.63, 3.8) is 0 Å². The van der Waals surface area contributed by atoms with Gasteiger partial charge >= 0.3 is 5.97 Å². The van der Waals surface area contributed by atoms with Crippen LogP contribution in [-0.4, -0.2) is 67.4 Å².